The topological polar surface area (TPSA) is 71.3 Å². The van der Waals surface area contributed by atoms with Crippen LogP contribution in [0.3, 0.4) is 0 Å². The zero-order chi connectivity index (χ0) is 15.6. The second-order valence-corrected chi connectivity index (χ2v) is 6.28. The van der Waals surface area contributed by atoms with E-state index in [1.807, 2.05) is 47.8 Å². The lowest BCUT2D eigenvalue weighted by Crippen LogP contribution is -2.50. The Morgan fingerprint density at radius 2 is 2.04 bits per heavy atom. The first kappa shape index (κ1) is 14.0. The maximum Gasteiger partial charge on any atom is 0.321 e. The van der Waals surface area contributed by atoms with Crippen LogP contribution in [0, 0.1) is 0 Å². The van der Waals surface area contributed by atoms with Crippen LogP contribution < -0.4 is 5.32 Å². The molecular weight excluding hydrogens is 312 g/mol. The van der Waals surface area contributed by atoms with Gasteiger partial charge < -0.3 is 14.7 Å². The Balaban J connectivity index is 1.35. The van der Waals surface area contributed by atoms with Gasteiger partial charge >= 0.3 is 6.03 Å². The van der Waals surface area contributed by atoms with E-state index in [4.69, 9.17) is 4.52 Å². The molecule has 2 amide bonds. The van der Waals surface area contributed by atoms with Gasteiger partial charge in [0.2, 0.25) is 11.7 Å². The molecule has 116 valence electrons. The van der Waals surface area contributed by atoms with Crippen LogP contribution in [0.1, 0.15) is 11.8 Å². The summed E-state index contributed by atoms with van der Waals surface area (Å²) in [6, 6.07) is 13.2. The van der Waals surface area contributed by atoms with Crippen LogP contribution >= 0.6 is 11.3 Å². The van der Waals surface area contributed by atoms with Gasteiger partial charge in [-0.05, 0) is 23.6 Å². The Bertz CT molecular complexity index is 795. The number of para-hydroxylation sites is 1. The lowest BCUT2D eigenvalue weighted by Gasteiger charge is -2.36. The predicted molar refractivity (Wildman–Crippen MR) is 87.4 cm³/mol. The Kier molecular flexibility index (Phi) is 3.55. The standard InChI is InChI=1S/C16H14N4O2S/c21-16(17-12-5-2-1-3-6-12)20-9-11(10-20)15-18-14(19-22-15)13-7-4-8-23-13/h1-8,11H,9-10H2,(H,17,21). The quantitative estimate of drug-likeness (QED) is 0.800. The molecule has 3 aromatic rings. The summed E-state index contributed by atoms with van der Waals surface area (Å²) in [4.78, 5) is 19.3. The first-order valence-corrected chi connectivity index (χ1v) is 8.16. The number of nitrogens with one attached hydrogen (secondary N) is 1. The molecule has 1 aromatic carbocycles. The van der Waals surface area contributed by atoms with Crippen LogP contribution in [0.25, 0.3) is 10.7 Å². The third-order valence-corrected chi connectivity index (χ3v) is 4.59. The molecule has 23 heavy (non-hydrogen) atoms. The number of thiophene rings is 1. The van der Waals surface area contributed by atoms with Crippen LogP contribution in [0.5, 0.6) is 0 Å². The highest BCUT2D eigenvalue weighted by Gasteiger charge is 2.35. The molecule has 0 atom stereocenters. The van der Waals surface area contributed by atoms with Crippen LogP contribution in [0.4, 0.5) is 10.5 Å². The number of anilines is 1. The van der Waals surface area contributed by atoms with Crippen molar-refractivity contribution < 1.29 is 9.32 Å². The summed E-state index contributed by atoms with van der Waals surface area (Å²) in [5.41, 5.74) is 0.790. The van der Waals surface area contributed by atoms with E-state index in [2.05, 4.69) is 15.5 Å². The highest BCUT2D eigenvalue weighted by Crippen LogP contribution is 2.29. The molecule has 1 saturated heterocycles. The van der Waals surface area contributed by atoms with E-state index in [0.717, 1.165) is 10.6 Å². The number of likely N-dealkylation sites (tertiary alicyclic amines) is 1. The molecule has 1 aliphatic heterocycles. The van der Waals surface area contributed by atoms with Crippen molar-refractivity contribution in [3.63, 3.8) is 0 Å². The molecular formula is C16H14N4O2S. The number of urea groups is 1. The highest BCUT2D eigenvalue weighted by atomic mass is 32.1. The fraction of sp³-hybridized carbons (Fsp3) is 0.188. The van der Waals surface area contributed by atoms with Gasteiger partial charge in [0.15, 0.2) is 0 Å². The summed E-state index contributed by atoms with van der Waals surface area (Å²) in [6.07, 6.45) is 0. The van der Waals surface area contributed by atoms with Crippen LogP contribution in [0.2, 0.25) is 0 Å². The van der Waals surface area contributed by atoms with Crippen LogP contribution in [0.15, 0.2) is 52.4 Å². The molecule has 7 heteroatoms. The smallest absolute Gasteiger partial charge is 0.321 e. The molecule has 3 heterocycles. The van der Waals surface area contributed by atoms with Crippen molar-refractivity contribution in [1.82, 2.24) is 15.0 Å². The van der Waals surface area contributed by atoms with Crippen molar-refractivity contribution in [1.29, 1.82) is 0 Å². The van der Waals surface area contributed by atoms with Gasteiger partial charge in [0, 0.05) is 18.8 Å². The minimum absolute atomic E-state index is 0.106. The average molecular weight is 326 g/mol. The molecule has 0 radical (unpaired) electrons. The maximum atomic E-state index is 12.1. The summed E-state index contributed by atoms with van der Waals surface area (Å²) in [7, 11) is 0. The van der Waals surface area contributed by atoms with Gasteiger partial charge in [-0.3, -0.25) is 0 Å². The molecule has 0 spiro atoms. The van der Waals surface area contributed by atoms with Gasteiger partial charge in [0.05, 0.1) is 10.8 Å². The third kappa shape index (κ3) is 2.83. The van der Waals surface area contributed by atoms with Gasteiger partial charge in [0.25, 0.3) is 0 Å². The fourth-order valence-corrected chi connectivity index (χ4v) is 3.08. The Morgan fingerprint density at radius 1 is 1.22 bits per heavy atom. The number of rotatable bonds is 3. The van der Waals surface area contributed by atoms with Gasteiger partial charge in [-0.15, -0.1) is 11.3 Å². The Labute approximate surface area is 136 Å². The minimum Gasteiger partial charge on any atom is -0.339 e. The summed E-state index contributed by atoms with van der Waals surface area (Å²) >= 11 is 1.57. The number of aromatic nitrogens is 2. The van der Waals surface area contributed by atoms with E-state index in [1.54, 1.807) is 16.2 Å². The third-order valence-electron chi connectivity index (χ3n) is 3.73. The van der Waals surface area contributed by atoms with E-state index >= 15 is 0 Å². The number of nitrogens with zero attached hydrogens (tertiary/aromatic N) is 3. The molecule has 6 nitrogen and oxygen atoms in total. The van der Waals surface area contributed by atoms with Gasteiger partial charge in [0.1, 0.15) is 0 Å². The zero-order valence-corrected chi connectivity index (χ0v) is 13.0. The number of carbonyl (C=O) groups is 1. The largest absolute Gasteiger partial charge is 0.339 e. The van der Waals surface area contributed by atoms with E-state index in [9.17, 15) is 4.79 Å². The predicted octanol–water partition coefficient (Wildman–Crippen LogP) is 3.43. The fourth-order valence-electron chi connectivity index (χ4n) is 2.43. The molecule has 2 aromatic heterocycles. The molecule has 4 rings (SSSR count). The van der Waals surface area contributed by atoms with E-state index in [0.29, 0.717) is 24.8 Å². The lowest BCUT2D eigenvalue weighted by atomic mass is 10.0. The monoisotopic (exact) mass is 326 g/mol. The normalized spacial score (nSPS) is 14.5. The van der Waals surface area contributed by atoms with Gasteiger partial charge in [-0.1, -0.05) is 29.4 Å². The van der Waals surface area contributed by atoms with Gasteiger partial charge in [-0.25, -0.2) is 4.79 Å². The van der Waals surface area contributed by atoms with E-state index in [-0.39, 0.29) is 11.9 Å². The van der Waals surface area contributed by atoms with Crippen molar-refractivity contribution >= 4 is 23.1 Å². The Morgan fingerprint density at radius 3 is 2.78 bits per heavy atom. The summed E-state index contributed by atoms with van der Waals surface area (Å²) < 4.78 is 5.33. The van der Waals surface area contributed by atoms with Crippen molar-refractivity contribution in [2.24, 2.45) is 0 Å². The minimum atomic E-state index is -0.106. The summed E-state index contributed by atoms with van der Waals surface area (Å²) in [6.45, 7) is 1.18. The van der Waals surface area contributed by atoms with Crippen molar-refractivity contribution in [3.05, 3.63) is 53.7 Å². The number of hydrogen-bond acceptors (Lipinski definition) is 5. The SMILES string of the molecule is O=C(Nc1ccccc1)N1CC(c2nc(-c3cccs3)no2)C1. The molecule has 1 N–H and O–H groups in total. The number of carbonyl (C=O) groups excluding carboxylic acids is 1. The highest BCUT2D eigenvalue weighted by molar-refractivity contribution is 7.13. The van der Waals surface area contributed by atoms with Crippen molar-refractivity contribution in [2.75, 3.05) is 18.4 Å². The Hall–Kier alpha value is -2.67. The van der Waals surface area contributed by atoms with E-state index < -0.39 is 0 Å². The second kappa shape index (κ2) is 5.85. The molecule has 0 unspecified atom stereocenters. The number of hydrogen-bond donors (Lipinski definition) is 1. The maximum absolute atomic E-state index is 12.1. The molecule has 1 aliphatic rings. The first-order chi connectivity index (χ1) is 11.3. The lowest BCUT2D eigenvalue weighted by molar-refractivity contribution is 0.147. The number of benzene rings is 1. The van der Waals surface area contributed by atoms with Crippen LogP contribution in [-0.4, -0.2) is 34.2 Å². The van der Waals surface area contributed by atoms with Crippen molar-refractivity contribution in [3.8, 4) is 10.7 Å². The van der Waals surface area contributed by atoms with Gasteiger partial charge in [-0.2, -0.15) is 4.98 Å². The number of amides is 2. The van der Waals surface area contributed by atoms with Crippen LogP contribution in [-0.2, 0) is 0 Å². The average Bonchev–Trinajstić information content (AvgIpc) is 3.17. The molecule has 0 saturated carbocycles. The molecule has 0 aliphatic carbocycles. The summed E-state index contributed by atoms with van der Waals surface area (Å²) in [5, 5.41) is 8.85. The van der Waals surface area contributed by atoms with E-state index in [1.165, 1.54) is 0 Å². The second-order valence-electron chi connectivity index (χ2n) is 5.33. The first-order valence-electron chi connectivity index (χ1n) is 7.28. The molecule has 0 bridgehead atoms. The van der Waals surface area contributed by atoms with Crippen molar-refractivity contribution in [2.45, 2.75) is 5.92 Å². The molecule has 1 fully saturated rings. The summed E-state index contributed by atoms with van der Waals surface area (Å²) in [5.74, 6) is 1.32. The zero-order valence-electron chi connectivity index (χ0n) is 12.2.